The van der Waals surface area contributed by atoms with Gasteiger partial charge in [0.25, 0.3) is 5.91 Å². The van der Waals surface area contributed by atoms with Crippen molar-refractivity contribution in [3.05, 3.63) is 5.82 Å². The van der Waals surface area contributed by atoms with Gasteiger partial charge in [-0.3, -0.25) is 14.5 Å². The normalized spacial score (nSPS) is 15.4. The van der Waals surface area contributed by atoms with Gasteiger partial charge in [-0.05, 0) is 0 Å². The molecule has 18 heavy (non-hydrogen) atoms. The number of hydrogen-bond donors (Lipinski definition) is 2. The number of amides is 4. The van der Waals surface area contributed by atoms with Gasteiger partial charge in [-0.25, -0.2) is 4.79 Å². The van der Waals surface area contributed by atoms with Crippen molar-refractivity contribution in [2.75, 3.05) is 20.1 Å². The second-order valence-electron chi connectivity index (χ2n) is 3.72. The fourth-order valence-corrected chi connectivity index (χ4v) is 1.46. The first-order valence-electron chi connectivity index (χ1n) is 5.12. The summed E-state index contributed by atoms with van der Waals surface area (Å²) < 4.78 is 0. The van der Waals surface area contributed by atoms with Crippen molar-refractivity contribution in [2.24, 2.45) is 0 Å². The van der Waals surface area contributed by atoms with Crippen molar-refractivity contribution in [1.29, 1.82) is 0 Å². The maximum Gasteiger partial charge on any atom is 0.327 e. The molecule has 10 nitrogen and oxygen atoms in total. The Bertz CT molecular complexity index is 471. The Morgan fingerprint density at radius 2 is 2.28 bits per heavy atom. The molecule has 1 aromatic rings. The second kappa shape index (κ2) is 4.77. The maximum atomic E-state index is 11.5. The predicted molar refractivity (Wildman–Crippen MR) is 55.8 cm³/mol. The molecule has 0 spiro atoms. The number of imide groups is 1. The first-order chi connectivity index (χ1) is 8.58. The number of tetrazole rings is 1. The van der Waals surface area contributed by atoms with E-state index >= 15 is 0 Å². The summed E-state index contributed by atoms with van der Waals surface area (Å²) in [6.07, 6.45) is 0. The van der Waals surface area contributed by atoms with E-state index in [1.165, 1.54) is 11.9 Å². The number of likely N-dealkylation sites (N-methyl/N-ethyl adjacent to an activating group) is 1. The van der Waals surface area contributed by atoms with Crippen LogP contribution in [0.2, 0.25) is 0 Å². The van der Waals surface area contributed by atoms with Gasteiger partial charge in [-0.2, -0.15) is 5.21 Å². The van der Waals surface area contributed by atoms with E-state index in [9.17, 15) is 14.4 Å². The van der Waals surface area contributed by atoms with Crippen molar-refractivity contribution in [2.45, 2.75) is 6.54 Å². The smallest absolute Gasteiger partial charge is 0.327 e. The van der Waals surface area contributed by atoms with Crippen molar-refractivity contribution >= 4 is 17.8 Å². The highest BCUT2D eigenvalue weighted by atomic mass is 16.2. The zero-order chi connectivity index (χ0) is 13.1. The first kappa shape index (κ1) is 12.0. The number of rotatable bonds is 4. The maximum absolute atomic E-state index is 11.5. The lowest BCUT2D eigenvalue weighted by Gasteiger charge is -2.13. The lowest BCUT2D eigenvalue weighted by atomic mass is 10.4. The highest BCUT2D eigenvalue weighted by Gasteiger charge is 2.34. The molecule has 10 heteroatoms. The van der Waals surface area contributed by atoms with Crippen LogP contribution in [0.1, 0.15) is 5.82 Å². The summed E-state index contributed by atoms with van der Waals surface area (Å²) >= 11 is 0. The van der Waals surface area contributed by atoms with E-state index in [2.05, 4.69) is 25.9 Å². The summed E-state index contributed by atoms with van der Waals surface area (Å²) in [6, 6.07) is -0.477. The van der Waals surface area contributed by atoms with Crippen LogP contribution in [0.4, 0.5) is 4.79 Å². The van der Waals surface area contributed by atoms with Gasteiger partial charge in [-0.15, -0.1) is 10.2 Å². The number of aromatic amines is 1. The number of aromatic nitrogens is 4. The Balaban J connectivity index is 1.84. The molecule has 0 aliphatic carbocycles. The zero-order valence-corrected chi connectivity index (χ0v) is 9.58. The van der Waals surface area contributed by atoms with Gasteiger partial charge in [0, 0.05) is 7.05 Å². The molecule has 0 aromatic carbocycles. The Morgan fingerprint density at radius 1 is 1.50 bits per heavy atom. The molecule has 0 atom stereocenters. The Morgan fingerprint density at radius 3 is 2.83 bits per heavy atom. The van der Waals surface area contributed by atoms with Gasteiger partial charge in [0.2, 0.25) is 5.91 Å². The van der Waals surface area contributed by atoms with E-state index in [1.807, 2.05) is 0 Å². The van der Waals surface area contributed by atoms with E-state index in [0.29, 0.717) is 5.82 Å². The average Bonchev–Trinajstić information content (AvgIpc) is 2.92. The van der Waals surface area contributed by atoms with Crippen molar-refractivity contribution in [3.8, 4) is 0 Å². The minimum Gasteiger partial charge on any atom is -0.347 e. The van der Waals surface area contributed by atoms with Gasteiger partial charge in [-0.1, -0.05) is 5.21 Å². The number of nitrogens with one attached hydrogen (secondary N) is 2. The third kappa shape index (κ3) is 2.42. The van der Waals surface area contributed by atoms with Crippen LogP contribution in [0.15, 0.2) is 0 Å². The van der Waals surface area contributed by atoms with Gasteiger partial charge in [0.1, 0.15) is 13.1 Å². The van der Waals surface area contributed by atoms with Gasteiger partial charge < -0.3 is 10.2 Å². The van der Waals surface area contributed by atoms with E-state index in [0.717, 1.165) is 4.90 Å². The molecule has 0 unspecified atom stereocenters. The molecular formula is C8H11N7O3. The van der Waals surface area contributed by atoms with Crippen LogP contribution in [0.5, 0.6) is 0 Å². The first-order valence-corrected chi connectivity index (χ1v) is 5.12. The molecule has 2 N–H and O–H groups in total. The molecule has 1 aromatic heterocycles. The molecule has 2 rings (SSSR count). The van der Waals surface area contributed by atoms with Gasteiger partial charge >= 0.3 is 6.03 Å². The van der Waals surface area contributed by atoms with Crippen LogP contribution < -0.4 is 5.32 Å². The summed E-state index contributed by atoms with van der Waals surface area (Å²) in [5, 5.41) is 15.3. The fourth-order valence-electron chi connectivity index (χ4n) is 1.46. The molecule has 1 fully saturated rings. The van der Waals surface area contributed by atoms with Crippen molar-refractivity contribution in [1.82, 2.24) is 35.7 Å². The SMILES string of the molecule is CN1CC(=O)N(CC(=O)NCc2nn[nH]n2)C1=O. The molecule has 0 bridgehead atoms. The Labute approximate surface area is 101 Å². The summed E-state index contributed by atoms with van der Waals surface area (Å²) in [4.78, 5) is 36.6. The van der Waals surface area contributed by atoms with E-state index in [4.69, 9.17) is 0 Å². The molecule has 96 valence electrons. The summed E-state index contributed by atoms with van der Waals surface area (Å²) in [5.41, 5.74) is 0. The Hall–Kier alpha value is -2.52. The van der Waals surface area contributed by atoms with Crippen molar-refractivity contribution in [3.63, 3.8) is 0 Å². The lowest BCUT2D eigenvalue weighted by Crippen LogP contribution is -2.40. The van der Waals surface area contributed by atoms with E-state index in [1.54, 1.807) is 0 Å². The number of urea groups is 1. The third-order valence-corrected chi connectivity index (χ3v) is 2.37. The van der Waals surface area contributed by atoms with Gasteiger partial charge in [0.05, 0.1) is 6.54 Å². The number of H-pyrrole nitrogens is 1. The average molecular weight is 253 g/mol. The molecule has 2 heterocycles. The molecular weight excluding hydrogens is 242 g/mol. The fraction of sp³-hybridized carbons (Fsp3) is 0.500. The van der Waals surface area contributed by atoms with Crippen LogP contribution in [0, 0.1) is 0 Å². The van der Waals surface area contributed by atoms with E-state index in [-0.39, 0.29) is 19.6 Å². The van der Waals surface area contributed by atoms with Crippen LogP contribution in [0.25, 0.3) is 0 Å². The molecule has 4 amide bonds. The van der Waals surface area contributed by atoms with Gasteiger partial charge in [0.15, 0.2) is 5.82 Å². The molecule has 1 aliphatic heterocycles. The van der Waals surface area contributed by atoms with E-state index < -0.39 is 17.8 Å². The zero-order valence-electron chi connectivity index (χ0n) is 9.58. The molecule has 1 aliphatic rings. The van der Waals surface area contributed by atoms with Crippen LogP contribution in [0.3, 0.4) is 0 Å². The number of nitrogens with zero attached hydrogens (tertiary/aromatic N) is 5. The predicted octanol–water partition coefficient (Wildman–Crippen LogP) is -2.29. The molecule has 0 radical (unpaired) electrons. The second-order valence-corrected chi connectivity index (χ2v) is 3.72. The minimum atomic E-state index is -0.477. The number of carbonyl (C=O) groups excluding carboxylic acids is 3. The molecule has 0 saturated carbocycles. The topological polar surface area (TPSA) is 124 Å². The largest absolute Gasteiger partial charge is 0.347 e. The summed E-state index contributed by atoms with van der Waals surface area (Å²) in [5.74, 6) is -0.534. The number of carbonyl (C=O) groups is 3. The van der Waals surface area contributed by atoms with Crippen LogP contribution >= 0.6 is 0 Å². The molecule has 1 saturated heterocycles. The third-order valence-electron chi connectivity index (χ3n) is 2.37. The van der Waals surface area contributed by atoms with Crippen LogP contribution in [-0.2, 0) is 16.1 Å². The Kier molecular flexibility index (Phi) is 3.17. The van der Waals surface area contributed by atoms with Crippen molar-refractivity contribution < 1.29 is 14.4 Å². The summed E-state index contributed by atoms with van der Waals surface area (Å²) in [6.45, 7) is -0.224. The number of hydrogen-bond acceptors (Lipinski definition) is 6. The summed E-state index contributed by atoms with van der Waals surface area (Å²) in [7, 11) is 1.50. The monoisotopic (exact) mass is 253 g/mol. The standard InChI is InChI=1S/C8H11N7O3/c1-14-4-7(17)15(8(14)18)3-6(16)9-2-5-10-12-13-11-5/h2-4H2,1H3,(H,9,16)(H,10,11,12,13). The highest BCUT2D eigenvalue weighted by molar-refractivity contribution is 6.04. The van der Waals surface area contributed by atoms with Crippen LogP contribution in [-0.4, -0.2) is 68.4 Å². The lowest BCUT2D eigenvalue weighted by molar-refractivity contribution is -0.130. The highest BCUT2D eigenvalue weighted by Crippen LogP contribution is 2.06. The minimum absolute atomic E-state index is 0.00302. The quantitative estimate of drug-likeness (QED) is 0.582.